The van der Waals surface area contributed by atoms with Crippen LogP contribution in [0.15, 0.2) is 53.4 Å². The van der Waals surface area contributed by atoms with E-state index in [1.54, 1.807) is 6.92 Å². The first-order valence-corrected chi connectivity index (χ1v) is 7.68. The van der Waals surface area contributed by atoms with Crippen molar-refractivity contribution in [1.29, 1.82) is 0 Å². The van der Waals surface area contributed by atoms with Crippen molar-refractivity contribution in [1.82, 2.24) is 0 Å². The fourth-order valence-corrected chi connectivity index (χ4v) is 3.60. The largest absolute Gasteiger partial charge is 0.493 e. The predicted molar refractivity (Wildman–Crippen MR) is 81.8 cm³/mol. The van der Waals surface area contributed by atoms with Gasteiger partial charge in [-0.15, -0.1) is 11.8 Å². The van der Waals surface area contributed by atoms with Crippen molar-refractivity contribution in [3.05, 3.63) is 59.7 Å². The fourth-order valence-electron chi connectivity index (χ4n) is 2.37. The van der Waals surface area contributed by atoms with Crippen molar-refractivity contribution in [2.45, 2.75) is 17.7 Å². The van der Waals surface area contributed by atoms with E-state index in [2.05, 4.69) is 24.3 Å². The molecule has 102 valence electrons. The van der Waals surface area contributed by atoms with Gasteiger partial charge in [0.05, 0.1) is 6.61 Å². The Morgan fingerprint density at radius 1 is 1.25 bits per heavy atom. The number of hydrogen-bond donors (Lipinski definition) is 0. The van der Waals surface area contributed by atoms with Gasteiger partial charge in [-0.3, -0.25) is 4.79 Å². The van der Waals surface area contributed by atoms with Crippen LogP contribution < -0.4 is 4.74 Å². The maximum Gasteiger partial charge on any atom is 0.159 e. The summed E-state index contributed by atoms with van der Waals surface area (Å²) < 4.78 is 5.87. The van der Waals surface area contributed by atoms with Crippen molar-refractivity contribution in [3.8, 4) is 5.75 Å². The third-order valence-corrected chi connectivity index (χ3v) is 4.74. The highest BCUT2D eigenvalue weighted by molar-refractivity contribution is 7.99. The maximum atomic E-state index is 11.4. The first kappa shape index (κ1) is 13.3. The zero-order valence-electron chi connectivity index (χ0n) is 11.3. The molecule has 0 aromatic heterocycles. The number of rotatable bonds is 4. The van der Waals surface area contributed by atoms with Crippen molar-refractivity contribution in [3.63, 3.8) is 0 Å². The lowest BCUT2D eigenvalue weighted by Gasteiger charge is -2.13. The molecule has 0 saturated carbocycles. The van der Waals surface area contributed by atoms with Crippen LogP contribution >= 0.6 is 11.8 Å². The van der Waals surface area contributed by atoms with Gasteiger partial charge in [0.25, 0.3) is 0 Å². The Bertz CT molecular complexity index is 636. The predicted octanol–water partition coefficient (Wildman–Crippen LogP) is 4.16. The van der Waals surface area contributed by atoms with Crippen LogP contribution in [0, 0.1) is 0 Å². The van der Waals surface area contributed by atoms with E-state index in [1.807, 2.05) is 36.0 Å². The molecule has 0 radical (unpaired) electrons. The summed E-state index contributed by atoms with van der Waals surface area (Å²) in [6, 6.07) is 15.9. The second-order valence-corrected chi connectivity index (χ2v) is 6.00. The zero-order valence-corrected chi connectivity index (χ0v) is 12.2. The number of Topliss-reactive ketones (excluding diaryl/α,β-unsaturated/α-hetero) is 1. The van der Waals surface area contributed by atoms with Gasteiger partial charge in [0, 0.05) is 22.1 Å². The van der Waals surface area contributed by atoms with Crippen molar-refractivity contribution in [2.24, 2.45) is 0 Å². The standard InChI is InChI=1S/C17H16O2S/c1-12(18)13-5-4-6-15(9-13)19-10-14-11-20-17-8-3-2-7-16(14)17/h2-9,14H,10-11H2,1H3. The topological polar surface area (TPSA) is 26.3 Å². The molecule has 1 aliphatic heterocycles. The summed E-state index contributed by atoms with van der Waals surface area (Å²) >= 11 is 1.89. The molecule has 2 aromatic rings. The quantitative estimate of drug-likeness (QED) is 0.789. The Labute approximate surface area is 123 Å². The van der Waals surface area contributed by atoms with Gasteiger partial charge in [-0.2, -0.15) is 0 Å². The number of ether oxygens (including phenoxy) is 1. The van der Waals surface area contributed by atoms with Crippen LogP contribution in [0.2, 0.25) is 0 Å². The maximum absolute atomic E-state index is 11.4. The summed E-state index contributed by atoms with van der Waals surface area (Å²) in [4.78, 5) is 12.7. The molecule has 0 bridgehead atoms. The van der Waals surface area contributed by atoms with Crippen LogP contribution in [-0.4, -0.2) is 18.1 Å². The number of hydrogen-bond acceptors (Lipinski definition) is 3. The normalized spacial score (nSPS) is 16.8. The molecule has 1 unspecified atom stereocenters. The van der Waals surface area contributed by atoms with Crippen LogP contribution in [-0.2, 0) is 0 Å². The monoisotopic (exact) mass is 284 g/mol. The van der Waals surface area contributed by atoms with E-state index >= 15 is 0 Å². The van der Waals surface area contributed by atoms with Gasteiger partial charge in [0.1, 0.15) is 5.75 Å². The molecule has 0 spiro atoms. The van der Waals surface area contributed by atoms with Crippen LogP contribution in [0.5, 0.6) is 5.75 Å². The summed E-state index contributed by atoms with van der Waals surface area (Å²) in [6.07, 6.45) is 0. The Balaban J connectivity index is 1.69. The molecule has 3 rings (SSSR count). The summed E-state index contributed by atoms with van der Waals surface area (Å²) in [5.74, 6) is 2.33. The van der Waals surface area contributed by atoms with Gasteiger partial charge < -0.3 is 4.74 Å². The molecule has 1 heterocycles. The first-order valence-electron chi connectivity index (χ1n) is 6.69. The third-order valence-electron chi connectivity index (χ3n) is 3.49. The van der Waals surface area contributed by atoms with Gasteiger partial charge in [-0.05, 0) is 30.7 Å². The van der Waals surface area contributed by atoms with Crippen molar-refractivity contribution >= 4 is 17.5 Å². The molecule has 0 aliphatic carbocycles. The summed E-state index contributed by atoms with van der Waals surface area (Å²) in [7, 11) is 0. The Morgan fingerprint density at radius 3 is 2.95 bits per heavy atom. The second kappa shape index (κ2) is 5.71. The molecule has 2 aromatic carbocycles. The highest BCUT2D eigenvalue weighted by atomic mass is 32.2. The van der Waals surface area contributed by atoms with E-state index in [1.165, 1.54) is 10.5 Å². The minimum Gasteiger partial charge on any atom is -0.493 e. The Hall–Kier alpha value is -1.74. The smallest absolute Gasteiger partial charge is 0.159 e. The van der Waals surface area contributed by atoms with E-state index in [0.717, 1.165) is 11.5 Å². The highest BCUT2D eigenvalue weighted by Gasteiger charge is 2.23. The van der Waals surface area contributed by atoms with E-state index in [9.17, 15) is 4.79 Å². The van der Waals surface area contributed by atoms with Gasteiger partial charge in [-0.25, -0.2) is 0 Å². The molecular formula is C17H16O2S. The molecule has 0 fully saturated rings. The average molecular weight is 284 g/mol. The van der Waals surface area contributed by atoms with Crippen LogP contribution in [0.25, 0.3) is 0 Å². The molecule has 20 heavy (non-hydrogen) atoms. The van der Waals surface area contributed by atoms with Crippen molar-refractivity contribution in [2.75, 3.05) is 12.4 Å². The molecule has 1 atom stereocenters. The SMILES string of the molecule is CC(=O)c1cccc(OCC2CSc3ccccc32)c1. The van der Waals surface area contributed by atoms with E-state index in [-0.39, 0.29) is 5.78 Å². The zero-order chi connectivity index (χ0) is 13.9. The van der Waals surface area contributed by atoms with E-state index < -0.39 is 0 Å². The number of ketones is 1. The molecule has 2 nitrogen and oxygen atoms in total. The highest BCUT2D eigenvalue weighted by Crippen LogP contribution is 2.39. The van der Waals surface area contributed by atoms with E-state index in [4.69, 9.17) is 4.74 Å². The molecular weight excluding hydrogens is 268 g/mol. The molecule has 0 amide bonds. The molecule has 3 heteroatoms. The Kier molecular flexibility index (Phi) is 3.79. The van der Waals surface area contributed by atoms with E-state index in [0.29, 0.717) is 18.1 Å². The minimum absolute atomic E-state index is 0.0669. The lowest BCUT2D eigenvalue weighted by Crippen LogP contribution is -2.10. The minimum atomic E-state index is 0.0669. The lowest BCUT2D eigenvalue weighted by molar-refractivity contribution is 0.101. The molecule has 1 aliphatic rings. The van der Waals surface area contributed by atoms with Gasteiger partial charge in [0.15, 0.2) is 5.78 Å². The summed E-state index contributed by atoms with van der Waals surface area (Å²) in [6.45, 7) is 2.23. The number of fused-ring (bicyclic) bond motifs is 1. The number of carbonyl (C=O) groups excluding carboxylic acids is 1. The third kappa shape index (κ3) is 2.73. The number of carbonyl (C=O) groups is 1. The van der Waals surface area contributed by atoms with Crippen molar-refractivity contribution < 1.29 is 9.53 Å². The lowest BCUT2D eigenvalue weighted by atomic mass is 10.0. The number of benzene rings is 2. The summed E-state index contributed by atoms with van der Waals surface area (Å²) in [5.41, 5.74) is 2.07. The fraction of sp³-hybridized carbons (Fsp3) is 0.235. The van der Waals surface area contributed by atoms with Gasteiger partial charge in [-0.1, -0.05) is 30.3 Å². The van der Waals surface area contributed by atoms with Gasteiger partial charge in [0.2, 0.25) is 0 Å². The second-order valence-electron chi connectivity index (χ2n) is 4.94. The van der Waals surface area contributed by atoms with Crippen LogP contribution in [0.1, 0.15) is 28.8 Å². The molecule has 0 saturated heterocycles. The van der Waals surface area contributed by atoms with Crippen LogP contribution in [0.3, 0.4) is 0 Å². The number of thioether (sulfide) groups is 1. The average Bonchev–Trinajstić information content (AvgIpc) is 2.89. The van der Waals surface area contributed by atoms with Gasteiger partial charge >= 0.3 is 0 Å². The Morgan fingerprint density at radius 2 is 2.10 bits per heavy atom. The first-order chi connectivity index (χ1) is 9.74. The molecule has 0 N–H and O–H groups in total. The van der Waals surface area contributed by atoms with Crippen LogP contribution in [0.4, 0.5) is 0 Å². The summed E-state index contributed by atoms with van der Waals surface area (Å²) in [5, 5.41) is 0.